The molecule has 0 unspecified atom stereocenters. The van der Waals surface area contributed by atoms with E-state index in [-0.39, 0.29) is 0 Å². The number of rotatable bonds is 1. The van der Waals surface area contributed by atoms with Crippen molar-refractivity contribution in [2.24, 2.45) is 0 Å². The minimum Gasteiger partial charge on any atom is -0.264 e. The fraction of sp³-hybridized carbons (Fsp3) is 0. The number of pyridine rings is 1. The lowest BCUT2D eigenvalue weighted by molar-refractivity contribution is 1.15. The standard InChI is InChI=1S/C7H5N3S/c1-2-6(4-8-3-1)7-5-11-10-9-7/h1-5H. The smallest absolute Gasteiger partial charge is 0.107 e. The quantitative estimate of drug-likeness (QED) is 0.641. The second-order valence-corrected chi connectivity index (χ2v) is 2.64. The van der Waals surface area contributed by atoms with Crippen LogP contribution in [0, 0.1) is 0 Å². The largest absolute Gasteiger partial charge is 0.264 e. The van der Waals surface area contributed by atoms with Gasteiger partial charge in [-0.15, -0.1) is 5.10 Å². The van der Waals surface area contributed by atoms with Crippen molar-refractivity contribution in [3.05, 3.63) is 29.9 Å². The molecule has 0 aliphatic rings. The molecule has 0 fully saturated rings. The van der Waals surface area contributed by atoms with E-state index in [0.29, 0.717) is 0 Å². The van der Waals surface area contributed by atoms with Crippen LogP contribution in [0.4, 0.5) is 0 Å². The van der Waals surface area contributed by atoms with Crippen molar-refractivity contribution in [3.8, 4) is 11.3 Å². The highest BCUT2D eigenvalue weighted by Crippen LogP contribution is 2.14. The lowest BCUT2D eigenvalue weighted by Crippen LogP contribution is -1.77. The minimum atomic E-state index is 0.892. The van der Waals surface area contributed by atoms with Gasteiger partial charge >= 0.3 is 0 Å². The second-order valence-electron chi connectivity index (χ2n) is 2.03. The molecule has 0 saturated carbocycles. The molecule has 0 spiro atoms. The van der Waals surface area contributed by atoms with Gasteiger partial charge in [-0.25, -0.2) is 0 Å². The van der Waals surface area contributed by atoms with Crippen LogP contribution in [-0.4, -0.2) is 14.6 Å². The van der Waals surface area contributed by atoms with Crippen LogP contribution < -0.4 is 0 Å². The zero-order valence-corrected chi connectivity index (χ0v) is 6.45. The molecule has 0 aliphatic carbocycles. The van der Waals surface area contributed by atoms with Crippen molar-refractivity contribution < 1.29 is 0 Å². The summed E-state index contributed by atoms with van der Waals surface area (Å²) in [5.74, 6) is 0. The summed E-state index contributed by atoms with van der Waals surface area (Å²) >= 11 is 1.35. The van der Waals surface area contributed by atoms with Gasteiger partial charge in [0.15, 0.2) is 0 Å². The van der Waals surface area contributed by atoms with Crippen LogP contribution in [0.5, 0.6) is 0 Å². The van der Waals surface area contributed by atoms with Gasteiger partial charge in [-0.1, -0.05) is 4.49 Å². The maximum atomic E-state index is 3.98. The molecule has 2 aromatic rings. The fourth-order valence-corrected chi connectivity index (χ4v) is 1.27. The molecule has 2 heterocycles. The van der Waals surface area contributed by atoms with Crippen LogP contribution in [0.3, 0.4) is 0 Å². The topological polar surface area (TPSA) is 38.7 Å². The van der Waals surface area contributed by atoms with Crippen molar-refractivity contribution in [1.29, 1.82) is 0 Å². The summed E-state index contributed by atoms with van der Waals surface area (Å²) in [5.41, 5.74) is 1.91. The van der Waals surface area contributed by atoms with Crippen LogP contribution in [0.15, 0.2) is 29.9 Å². The van der Waals surface area contributed by atoms with Gasteiger partial charge in [0.1, 0.15) is 5.69 Å². The van der Waals surface area contributed by atoms with E-state index in [4.69, 9.17) is 0 Å². The summed E-state index contributed by atoms with van der Waals surface area (Å²) in [6.45, 7) is 0. The summed E-state index contributed by atoms with van der Waals surface area (Å²) < 4.78 is 3.76. The lowest BCUT2D eigenvalue weighted by Gasteiger charge is -1.90. The molecule has 0 saturated heterocycles. The first-order valence-electron chi connectivity index (χ1n) is 3.14. The molecule has 2 rings (SSSR count). The third kappa shape index (κ3) is 1.25. The highest BCUT2D eigenvalue weighted by atomic mass is 32.1. The van der Waals surface area contributed by atoms with Gasteiger partial charge in [-0.05, 0) is 23.7 Å². The van der Waals surface area contributed by atoms with E-state index in [9.17, 15) is 0 Å². The van der Waals surface area contributed by atoms with Crippen LogP contribution in [0.25, 0.3) is 11.3 Å². The first-order chi connectivity index (χ1) is 5.47. The van der Waals surface area contributed by atoms with E-state index in [0.717, 1.165) is 11.3 Å². The number of aromatic nitrogens is 3. The maximum absolute atomic E-state index is 3.98. The number of hydrogen-bond acceptors (Lipinski definition) is 4. The fourth-order valence-electron chi connectivity index (χ4n) is 0.805. The van der Waals surface area contributed by atoms with Crippen LogP contribution in [0.2, 0.25) is 0 Å². The summed E-state index contributed by atoms with van der Waals surface area (Å²) in [4.78, 5) is 3.98. The van der Waals surface area contributed by atoms with Crippen molar-refractivity contribution in [3.63, 3.8) is 0 Å². The molecule has 54 valence electrons. The monoisotopic (exact) mass is 163 g/mol. The summed E-state index contributed by atoms with van der Waals surface area (Å²) in [7, 11) is 0. The van der Waals surface area contributed by atoms with Crippen molar-refractivity contribution in [1.82, 2.24) is 14.6 Å². The van der Waals surface area contributed by atoms with E-state index in [1.165, 1.54) is 11.5 Å². The Balaban J connectivity index is 2.46. The zero-order chi connectivity index (χ0) is 7.52. The lowest BCUT2D eigenvalue weighted by atomic mass is 10.2. The Hall–Kier alpha value is -1.29. The van der Waals surface area contributed by atoms with Gasteiger partial charge < -0.3 is 0 Å². The molecular formula is C7H5N3S. The molecule has 0 aromatic carbocycles. The van der Waals surface area contributed by atoms with Crippen molar-refractivity contribution >= 4 is 11.5 Å². The normalized spacial score (nSPS) is 9.82. The Bertz CT molecular complexity index is 317. The SMILES string of the molecule is c1cncc(-c2csnn2)c1. The van der Waals surface area contributed by atoms with Crippen molar-refractivity contribution in [2.75, 3.05) is 0 Å². The molecule has 0 radical (unpaired) electrons. The Morgan fingerprint density at radius 2 is 2.36 bits per heavy atom. The average molecular weight is 163 g/mol. The number of nitrogens with zero attached hydrogens (tertiary/aromatic N) is 3. The molecule has 11 heavy (non-hydrogen) atoms. The van der Waals surface area contributed by atoms with E-state index in [1.54, 1.807) is 12.4 Å². The summed E-state index contributed by atoms with van der Waals surface area (Å²) in [5, 5.41) is 5.81. The molecule has 0 aliphatic heterocycles. The first-order valence-corrected chi connectivity index (χ1v) is 3.98. The Morgan fingerprint density at radius 3 is 3.00 bits per heavy atom. The predicted molar refractivity (Wildman–Crippen MR) is 43.1 cm³/mol. The van der Waals surface area contributed by atoms with Crippen LogP contribution in [0.1, 0.15) is 0 Å². The predicted octanol–water partition coefficient (Wildman–Crippen LogP) is 1.60. The van der Waals surface area contributed by atoms with Crippen molar-refractivity contribution in [2.45, 2.75) is 0 Å². The molecule has 0 atom stereocenters. The van der Waals surface area contributed by atoms with Crippen LogP contribution in [-0.2, 0) is 0 Å². The van der Waals surface area contributed by atoms with Gasteiger partial charge in [-0.3, -0.25) is 4.98 Å². The maximum Gasteiger partial charge on any atom is 0.107 e. The third-order valence-corrected chi connectivity index (χ3v) is 1.82. The minimum absolute atomic E-state index is 0.892. The second kappa shape index (κ2) is 2.75. The molecule has 0 bridgehead atoms. The van der Waals surface area contributed by atoms with Crippen LogP contribution >= 0.6 is 11.5 Å². The van der Waals surface area contributed by atoms with Gasteiger partial charge in [0.2, 0.25) is 0 Å². The first kappa shape index (κ1) is 6.42. The highest BCUT2D eigenvalue weighted by molar-refractivity contribution is 7.03. The molecular weight excluding hydrogens is 158 g/mol. The molecule has 4 heteroatoms. The van der Waals surface area contributed by atoms with E-state index >= 15 is 0 Å². The summed E-state index contributed by atoms with van der Waals surface area (Å²) in [6.07, 6.45) is 3.51. The Kier molecular flexibility index (Phi) is 1.61. The van der Waals surface area contributed by atoms with Gasteiger partial charge in [0.05, 0.1) is 0 Å². The average Bonchev–Trinajstić information content (AvgIpc) is 2.58. The highest BCUT2D eigenvalue weighted by Gasteiger charge is 1.97. The van der Waals surface area contributed by atoms with Gasteiger partial charge in [0.25, 0.3) is 0 Å². The number of hydrogen-bond donors (Lipinski definition) is 0. The van der Waals surface area contributed by atoms with E-state index < -0.39 is 0 Å². The van der Waals surface area contributed by atoms with E-state index in [1.807, 2.05) is 17.5 Å². The zero-order valence-electron chi connectivity index (χ0n) is 5.64. The van der Waals surface area contributed by atoms with Gasteiger partial charge in [0, 0.05) is 23.3 Å². The Morgan fingerprint density at radius 1 is 1.36 bits per heavy atom. The molecule has 0 amide bonds. The third-order valence-electron chi connectivity index (χ3n) is 1.32. The molecule has 2 aromatic heterocycles. The molecule has 0 N–H and O–H groups in total. The summed E-state index contributed by atoms with van der Waals surface area (Å²) in [6, 6.07) is 3.85. The molecule has 3 nitrogen and oxygen atoms in total. The van der Waals surface area contributed by atoms with E-state index in [2.05, 4.69) is 14.6 Å². The van der Waals surface area contributed by atoms with Gasteiger partial charge in [-0.2, -0.15) is 0 Å². The Labute approximate surface area is 67.9 Å².